The SMILES string of the molecule is O=CC=C1CNC1. The van der Waals surface area contributed by atoms with Crippen LogP contribution in [0.2, 0.25) is 0 Å². The number of carbonyl (C=O) groups is 1. The average Bonchev–Trinajstić information content (AvgIpc) is 1.55. The molecule has 0 radical (unpaired) electrons. The first kappa shape index (κ1) is 4.53. The van der Waals surface area contributed by atoms with E-state index in [0.29, 0.717) is 0 Å². The minimum atomic E-state index is 0.830. The fourth-order valence-corrected chi connectivity index (χ4v) is 0.483. The van der Waals surface area contributed by atoms with Crippen molar-refractivity contribution in [2.75, 3.05) is 13.1 Å². The molecule has 0 aromatic carbocycles. The molecule has 2 heteroatoms. The van der Waals surface area contributed by atoms with Gasteiger partial charge in [0, 0.05) is 13.1 Å². The fraction of sp³-hybridized carbons (Fsp3) is 0.400. The van der Waals surface area contributed by atoms with Crippen LogP contribution in [0.3, 0.4) is 0 Å². The first-order valence-electron chi connectivity index (χ1n) is 2.27. The Morgan fingerprint density at radius 2 is 2.29 bits per heavy atom. The topological polar surface area (TPSA) is 29.1 Å². The van der Waals surface area contributed by atoms with E-state index in [0.717, 1.165) is 19.4 Å². The van der Waals surface area contributed by atoms with Gasteiger partial charge in [-0.2, -0.15) is 0 Å². The Bertz CT molecular complexity index is 101. The van der Waals surface area contributed by atoms with Gasteiger partial charge in [-0.15, -0.1) is 0 Å². The fourth-order valence-electron chi connectivity index (χ4n) is 0.483. The summed E-state index contributed by atoms with van der Waals surface area (Å²) in [6.07, 6.45) is 2.44. The molecule has 1 rings (SSSR count). The second kappa shape index (κ2) is 1.89. The van der Waals surface area contributed by atoms with Gasteiger partial charge in [0.1, 0.15) is 6.29 Å². The van der Waals surface area contributed by atoms with Gasteiger partial charge in [0.05, 0.1) is 0 Å². The summed E-state index contributed by atoms with van der Waals surface area (Å²) in [5.74, 6) is 0. The van der Waals surface area contributed by atoms with E-state index in [1.807, 2.05) is 0 Å². The van der Waals surface area contributed by atoms with Crippen molar-refractivity contribution in [1.82, 2.24) is 5.32 Å². The van der Waals surface area contributed by atoms with Crippen LogP contribution in [0.15, 0.2) is 11.6 Å². The molecule has 0 aliphatic carbocycles. The zero-order chi connectivity index (χ0) is 5.11. The molecule has 2 nitrogen and oxygen atoms in total. The largest absolute Gasteiger partial charge is 0.309 e. The summed E-state index contributed by atoms with van der Waals surface area (Å²) in [6, 6.07) is 0. The molecular formula is C5H7NO. The van der Waals surface area contributed by atoms with Gasteiger partial charge in [-0.1, -0.05) is 0 Å². The summed E-state index contributed by atoms with van der Waals surface area (Å²) in [5, 5.41) is 3.02. The van der Waals surface area contributed by atoms with Crippen molar-refractivity contribution >= 4 is 6.29 Å². The van der Waals surface area contributed by atoms with Gasteiger partial charge in [0.2, 0.25) is 0 Å². The minimum Gasteiger partial charge on any atom is -0.309 e. The molecule has 0 saturated carbocycles. The first-order chi connectivity index (χ1) is 3.43. The quantitative estimate of drug-likeness (QED) is 0.360. The maximum absolute atomic E-state index is 9.70. The van der Waals surface area contributed by atoms with Gasteiger partial charge >= 0.3 is 0 Å². The van der Waals surface area contributed by atoms with E-state index < -0.39 is 0 Å². The summed E-state index contributed by atoms with van der Waals surface area (Å²) in [6.45, 7) is 1.80. The van der Waals surface area contributed by atoms with Gasteiger partial charge in [-0.05, 0) is 11.6 Å². The summed E-state index contributed by atoms with van der Waals surface area (Å²) < 4.78 is 0. The molecule has 0 bridgehead atoms. The number of rotatable bonds is 1. The van der Waals surface area contributed by atoms with Crippen molar-refractivity contribution in [2.24, 2.45) is 0 Å². The van der Waals surface area contributed by atoms with Crippen LogP contribution >= 0.6 is 0 Å². The van der Waals surface area contributed by atoms with Gasteiger partial charge in [-0.25, -0.2) is 0 Å². The first-order valence-corrected chi connectivity index (χ1v) is 2.27. The molecule has 38 valence electrons. The Kier molecular flexibility index (Phi) is 1.22. The molecule has 1 heterocycles. The van der Waals surface area contributed by atoms with Crippen LogP contribution in [0.4, 0.5) is 0 Å². The predicted octanol–water partition coefficient (Wildman–Crippen LogP) is -0.285. The molecule has 1 aliphatic rings. The highest BCUT2D eigenvalue weighted by Crippen LogP contribution is 1.96. The van der Waals surface area contributed by atoms with E-state index in [4.69, 9.17) is 0 Å². The smallest absolute Gasteiger partial charge is 0.142 e. The van der Waals surface area contributed by atoms with Crippen LogP contribution < -0.4 is 5.32 Å². The molecule has 0 amide bonds. The molecule has 1 N–H and O–H groups in total. The minimum absolute atomic E-state index is 0.830. The van der Waals surface area contributed by atoms with Gasteiger partial charge in [-0.3, -0.25) is 4.79 Å². The standard InChI is InChI=1S/C5H7NO/c7-2-1-5-3-6-4-5/h1-2,6H,3-4H2. The molecule has 0 unspecified atom stereocenters. The lowest BCUT2D eigenvalue weighted by atomic mass is 10.1. The van der Waals surface area contributed by atoms with Crippen molar-refractivity contribution < 1.29 is 4.79 Å². The van der Waals surface area contributed by atoms with Crippen molar-refractivity contribution in [3.8, 4) is 0 Å². The highest BCUT2D eigenvalue weighted by atomic mass is 16.1. The van der Waals surface area contributed by atoms with Crippen LogP contribution in [0.5, 0.6) is 0 Å². The molecule has 0 spiro atoms. The van der Waals surface area contributed by atoms with Crippen LogP contribution in [-0.2, 0) is 4.79 Å². The molecule has 1 fully saturated rings. The molecule has 1 saturated heterocycles. The van der Waals surface area contributed by atoms with Crippen molar-refractivity contribution in [3.05, 3.63) is 11.6 Å². The zero-order valence-corrected chi connectivity index (χ0v) is 3.98. The second-order valence-corrected chi connectivity index (χ2v) is 1.56. The molecule has 7 heavy (non-hydrogen) atoms. The van der Waals surface area contributed by atoms with E-state index >= 15 is 0 Å². The van der Waals surface area contributed by atoms with Gasteiger partial charge in [0.25, 0.3) is 0 Å². The van der Waals surface area contributed by atoms with Crippen LogP contribution in [0.25, 0.3) is 0 Å². The van der Waals surface area contributed by atoms with Gasteiger partial charge < -0.3 is 5.32 Å². The number of nitrogens with one attached hydrogen (secondary N) is 1. The zero-order valence-electron chi connectivity index (χ0n) is 3.98. The van der Waals surface area contributed by atoms with E-state index in [-0.39, 0.29) is 0 Å². The lowest BCUT2D eigenvalue weighted by Gasteiger charge is -2.16. The molecular weight excluding hydrogens is 90.1 g/mol. The Balaban J connectivity index is 2.36. The monoisotopic (exact) mass is 97.1 g/mol. The average molecular weight is 97.1 g/mol. The number of hydrogen-bond acceptors (Lipinski definition) is 2. The third-order valence-corrected chi connectivity index (χ3v) is 1.01. The second-order valence-electron chi connectivity index (χ2n) is 1.56. The number of aldehydes is 1. The van der Waals surface area contributed by atoms with E-state index in [9.17, 15) is 4.79 Å². The predicted molar refractivity (Wildman–Crippen MR) is 27.0 cm³/mol. The molecule has 0 aromatic rings. The third kappa shape index (κ3) is 0.871. The Labute approximate surface area is 42.2 Å². The van der Waals surface area contributed by atoms with Crippen molar-refractivity contribution in [1.29, 1.82) is 0 Å². The van der Waals surface area contributed by atoms with Crippen LogP contribution in [0, 0.1) is 0 Å². The Morgan fingerprint density at radius 3 is 2.43 bits per heavy atom. The summed E-state index contributed by atoms with van der Waals surface area (Å²) >= 11 is 0. The highest BCUT2D eigenvalue weighted by Gasteiger charge is 2.03. The van der Waals surface area contributed by atoms with Crippen molar-refractivity contribution in [3.63, 3.8) is 0 Å². The van der Waals surface area contributed by atoms with Crippen molar-refractivity contribution in [2.45, 2.75) is 0 Å². The normalized spacial score (nSPS) is 18.0. The summed E-state index contributed by atoms with van der Waals surface area (Å²) in [5.41, 5.74) is 1.20. The lowest BCUT2D eigenvalue weighted by molar-refractivity contribution is -0.104. The maximum Gasteiger partial charge on any atom is 0.142 e. The van der Waals surface area contributed by atoms with E-state index in [1.54, 1.807) is 6.08 Å². The van der Waals surface area contributed by atoms with Gasteiger partial charge in [0.15, 0.2) is 0 Å². The van der Waals surface area contributed by atoms with E-state index in [2.05, 4.69) is 5.32 Å². The highest BCUT2D eigenvalue weighted by molar-refractivity contribution is 5.66. The lowest BCUT2D eigenvalue weighted by Crippen LogP contribution is -2.33. The molecule has 0 aromatic heterocycles. The third-order valence-electron chi connectivity index (χ3n) is 1.01. The maximum atomic E-state index is 9.70. The van der Waals surface area contributed by atoms with Crippen LogP contribution in [0.1, 0.15) is 0 Å². The summed E-state index contributed by atoms with van der Waals surface area (Å²) in [4.78, 5) is 9.70. The Morgan fingerprint density at radius 1 is 1.57 bits per heavy atom. The molecule has 1 aliphatic heterocycles. The number of allylic oxidation sites excluding steroid dienone is 1. The summed E-state index contributed by atoms with van der Waals surface area (Å²) in [7, 11) is 0. The molecule has 0 atom stereocenters. The van der Waals surface area contributed by atoms with E-state index in [1.165, 1.54) is 5.57 Å². The number of hydrogen-bond donors (Lipinski definition) is 1. The Hall–Kier alpha value is -0.630. The number of carbonyl (C=O) groups excluding carboxylic acids is 1. The van der Waals surface area contributed by atoms with Crippen LogP contribution in [-0.4, -0.2) is 19.4 Å².